The average Bonchev–Trinajstić information content (AvgIpc) is 2.47. The van der Waals surface area contributed by atoms with Gasteiger partial charge in [-0.05, 0) is 26.2 Å². The first-order chi connectivity index (χ1) is 6.20. The second-order valence-corrected chi connectivity index (χ2v) is 4.55. The summed E-state index contributed by atoms with van der Waals surface area (Å²) < 4.78 is 0. The van der Waals surface area contributed by atoms with Crippen LogP contribution >= 0.6 is 0 Å². The Morgan fingerprint density at radius 3 is 2.62 bits per heavy atom. The van der Waals surface area contributed by atoms with Crippen molar-refractivity contribution in [3.8, 4) is 0 Å². The van der Waals surface area contributed by atoms with Crippen molar-refractivity contribution in [2.45, 2.75) is 37.8 Å². The van der Waals surface area contributed by atoms with Crippen molar-refractivity contribution >= 4 is 0 Å². The molecule has 0 aromatic carbocycles. The number of hydrogen-bond donors (Lipinski definition) is 2. The maximum Gasteiger partial charge on any atom is 0.0774 e. The van der Waals surface area contributed by atoms with E-state index < -0.39 is 5.60 Å². The minimum absolute atomic E-state index is 0.412. The zero-order valence-electron chi connectivity index (χ0n) is 8.42. The Hall–Kier alpha value is -0.120. The molecule has 2 rings (SSSR count). The van der Waals surface area contributed by atoms with E-state index in [2.05, 4.69) is 10.2 Å². The van der Waals surface area contributed by atoms with Gasteiger partial charge >= 0.3 is 0 Å². The molecule has 1 saturated heterocycles. The van der Waals surface area contributed by atoms with Crippen LogP contribution in [0.1, 0.15) is 26.2 Å². The largest absolute Gasteiger partial charge is 0.389 e. The van der Waals surface area contributed by atoms with Gasteiger partial charge in [0.15, 0.2) is 0 Å². The Bertz CT molecular complexity index is 176. The van der Waals surface area contributed by atoms with Crippen LogP contribution in [0.15, 0.2) is 0 Å². The van der Waals surface area contributed by atoms with Gasteiger partial charge < -0.3 is 10.4 Å². The van der Waals surface area contributed by atoms with Gasteiger partial charge in [-0.2, -0.15) is 0 Å². The van der Waals surface area contributed by atoms with Crippen molar-refractivity contribution in [1.82, 2.24) is 10.2 Å². The molecule has 2 N–H and O–H groups in total. The van der Waals surface area contributed by atoms with Crippen molar-refractivity contribution < 1.29 is 5.11 Å². The molecule has 0 amide bonds. The lowest BCUT2D eigenvalue weighted by Gasteiger charge is -2.38. The molecule has 3 nitrogen and oxygen atoms in total. The van der Waals surface area contributed by atoms with Crippen molar-refractivity contribution in [2.24, 2.45) is 0 Å². The number of aliphatic hydroxyl groups is 1. The van der Waals surface area contributed by atoms with E-state index >= 15 is 0 Å². The third-order valence-electron chi connectivity index (χ3n) is 3.47. The lowest BCUT2D eigenvalue weighted by Crippen LogP contribution is -2.54. The fourth-order valence-electron chi connectivity index (χ4n) is 2.70. The fourth-order valence-corrected chi connectivity index (χ4v) is 2.70. The Morgan fingerprint density at radius 1 is 1.38 bits per heavy atom. The van der Waals surface area contributed by atoms with E-state index in [9.17, 15) is 5.11 Å². The number of nitrogens with one attached hydrogen (secondary N) is 1. The first-order valence-electron chi connectivity index (χ1n) is 5.37. The molecule has 2 atom stereocenters. The maximum atomic E-state index is 10.1. The van der Waals surface area contributed by atoms with Crippen LogP contribution in [0.3, 0.4) is 0 Å². The standard InChI is InChI=1S/C10H20N2O/c1-10(13)4-2-3-9(10)12-7-5-11-6-8-12/h9,11,13H,2-8H2,1H3. The van der Waals surface area contributed by atoms with E-state index in [4.69, 9.17) is 0 Å². The Labute approximate surface area is 80.1 Å². The molecule has 2 aliphatic rings. The van der Waals surface area contributed by atoms with Gasteiger partial charge in [-0.15, -0.1) is 0 Å². The number of hydrogen-bond acceptors (Lipinski definition) is 3. The predicted molar refractivity (Wildman–Crippen MR) is 52.7 cm³/mol. The molecular weight excluding hydrogens is 164 g/mol. The minimum atomic E-state index is -0.433. The van der Waals surface area contributed by atoms with Crippen LogP contribution in [-0.4, -0.2) is 47.8 Å². The molecule has 1 aliphatic carbocycles. The van der Waals surface area contributed by atoms with Crippen LogP contribution in [0, 0.1) is 0 Å². The van der Waals surface area contributed by atoms with E-state index in [-0.39, 0.29) is 0 Å². The summed E-state index contributed by atoms with van der Waals surface area (Å²) in [6.45, 7) is 6.34. The SMILES string of the molecule is CC1(O)CCCC1N1CCNCC1. The molecule has 13 heavy (non-hydrogen) atoms. The summed E-state index contributed by atoms with van der Waals surface area (Å²) >= 11 is 0. The summed E-state index contributed by atoms with van der Waals surface area (Å²) in [4.78, 5) is 2.45. The van der Waals surface area contributed by atoms with E-state index in [0.29, 0.717) is 6.04 Å². The highest BCUT2D eigenvalue weighted by molar-refractivity contribution is 4.96. The van der Waals surface area contributed by atoms with Crippen molar-refractivity contribution in [3.05, 3.63) is 0 Å². The number of piperazine rings is 1. The van der Waals surface area contributed by atoms with E-state index in [1.54, 1.807) is 0 Å². The molecule has 0 bridgehead atoms. The van der Waals surface area contributed by atoms with Crippen LogP contribution < -0.4 is 5.32 Å². The first kappa shape index (κ1) is 9.44. The van der Waals surface area contributed by atoms with Crippen molar-refractivity contribution in [3.63, 3.8) is 0 Å². The van der Waals surface area contributed by atoms with Gasteiger partial charge in [0.25, 0.3) is 0 Å². The summed E-state index contributed by atoms with van der Waals surface area (Å²) in [7, 11) is 0. The Morgan fingerprint density at radius 2 is 2.08 bits per heavy atom. The van der Waals surface area contributed by atoms with Gasteiger partial charge in [0.2, 0.25) is 0 Å². The molecule has 0 aromatic rings. The highest BCUT2D eigenvalue weighted by Gasteiger charge is 2.40. The predicted octanol–water partition coefficient (Wildman–Crippen LogP) is 0.195. The third-order valence-corrected chi connectivity index (χ3v) is 3.47. The zero-order chi connectivity index (χ0) is 9.31. The quantitative estimate of drug-likeness (QED) is 0.611. The van der Waals surface area contributed by atoms with Crippen LogP contribution in [0.4, 0.5) is 0 Å². The molecule has 0 aromatic heterocycles. The van der Waals surface area contributed by atoms with E-state index in [1.807, 2.05) is 6.92 Å². The zero-order valence-corrected chi connectivity index (χ0v) is 8.42. The van der Waals surface area contributed by atoms with Crippen molar-refractivity contribution in [1.29, 1.82) is 0 Å². The summed E-state index contributed by atoms with van der Waals surface area (Å²) in [6, 6.07) is 0.412. The number of nitrogens with zero attached hydrogens (tertiary/aromatic N) is 1. The minimum Gasteiger partial charge on any atom is -0.389 e. The third kappa shape index (κ3) is 1.87. The molecule has 76 valence electrons. The average molecular weight is 184 g/mol. The molecule has 1 saturated carbocycles. The van der Waals surface area contributed by atoms with Crippen LogP contribution in [0.25, 0.3) is 0 Å². The Balaban J connectivity index is 1.98. The molecule has 1 heterocycles. The highest BCUT2D eigenvalue weighted by atomic mass is 16.3. The fraction of sp³-hybridized carbons (Fsp3) is 1.00. The van der Waals surface area contributed by atoms with Gasteiger partial charge in [0, 0.05) is 32.2 Å². The second kappa shape index (κ2) is 3.56. The van der Waals surface area contributed by atoms with Gasteiger partial charge in [-0.1, -0.05) is 0 Å². The topological polar surface area (TPSA) is 35.5 Å². The summed E-state index contributed by atoms with van der Waals surface area (Å²) in [5, 5.41) is 13.5. The van der Waals surface area contributed by atoms with Crippen LogP contribution in [0.2, 0.25) is 0 Å². The van der Waals surface area contributed by atoms with E-state index in [0.717, 1.165) is 32.6 Å². The molecule has 0 spiro atoms. The second-order valence-electron chi connectivity index (χ2n) is 4.55. The van der Waals surface area contributed by atoms with Gasteiger partial charge in [0.05, 0.1) is 5.60 Å². The number of rotatable bonds is 1. The molecule has 2 fully saturated rings. The molecule has 2 unspecified atom stereocenters. The molecule has 3 heteroatoms. The smallest absolute Gasteiger partial charge is 0.0774 e. The summed E-state index contributed by atoms with van der Waals surface area (Å²) in [6.07, 6.45) is 3.33. The highest BCUT2D eigenvalue weighted by Crippen LogP contribution is 2.33. The van der Waals surface area contributed by atoms with Gasteiger partial charge in [-0.3, -0.25) is 4.90 Å². The summed E-state index contributed by atoms with van der Waals surface area (Å²) in [5.41, 5.74) is -0.433. The Kier molecular flexibility index (Phi) is 2.58. The first-order valence-corrected chi connectivity index (χ1v) is 5.37. The van der Waals surface area contributed by atoms with Gasteiger partial charge in [0.1, 0.15) is 0 Å². The summed E-state index contributed by atoms with van der Waals surface area (Å²) in [5.74, 6) is 0. The lowest BCUT2D eigenvalue weighted by atomic mass is 9.98. The maximum absolute atomic E-state index is 10.1. The van der Waals surface area contributed by atoms with Crippen molar-refractivity contribution in [2.75, 3.05) is 26.2 Å². The molecule has 0 radical (unpaired) electrons. The molecule has 1 aliphatic heterocycles. The van der Waals surface area contributed by atoms with Gasteiger partial charge in [-0.25, -0.2) is 0 Å². The van der Waals surface area contributed by atoms with E-state index in [1.165, 1.54) is 12.8 Å². The van der Waals surface area contributed by atoms with Crippen LogP contribution in [0.5, 0.6) is 0 Å². The van der Waals surface area contributed by atoms with Crippen LogP contribution in [-0.2, 0) is 0 Å². The normalized spacial score (nSPS) is 42.5. The monoisotopic (exact) mass is 184 g/mol. The lowest BCUT2D eigenvalue weighted by molar-refractivity contribution is -0.0167. The molecular formula is C10H20N2O.